The highest BCUT2D eigenvalue weighted by Crippen LogP contribution is 2.21. The molecule has 1 aromatic heterocycles. The highest BCUT2D eigenvalue weighted by Gasteiger charge is 2.11. The van der Waals surface area contributed by atoms with Crippen molar-refractivity contribution in [2.75, 3.05) is 0 Å². The Morgan fingerprint density at radius 3 is 2.57 bits per heavy atom. The third kappa shape index (κ3) is 2.24. The second kappa shape index (κ2) is 5.58. The van der Waals surface area contributed by atoms with E-state index in [-0.39, 0.29) is 0 Å². The van der Waals surface area contributed by atoms with Crippen molar-refractivity contribution >= 4 is 28.6 Å². The number of benzene rings is 2. The van der Waals surface area contributed by atoms with Gasteiger partial charge in [-0.3, -0.25) is 0 Å². The van der Waals surface area contributed by atoms with Gasteiger partial charge in [-0.1, -0.05) is 42.5 Å². The summed E-state index contributed by atoms with van der Waals surface area (Å²) >= 11 is 0. The predicted octanol–water partition coefficient (Wildman–Crippen LogP) is 4.41. The third-order valence-corrected chi connectivity index (χ3v) is 4.80. The van der Waals surface area contributed by atoms with Gasteiger partial charge in [-0.25, -0.2) is 0 Å². The van der Waals surface area contributed by atoms with Crippen molar-refractivity contribution in [3.05, 3.63) is 70.7 Å². The smallest absolute Gasteiger partial charge is 0.0541 e. The summed E-state index contributed by atoms with van der Waals surface area (Å²) in [6.07, 6.45) is 9.21. The fraction of sp³-hybridized carbons (Fsp3) is 0.182. The fourth-order valence-electron chi connectivity index (χ4n) is 3.47. The van der Waals surface area contributed by atoms with Gasteiger partial charge in [0.15, 0.2) is 0 Å². The molecule has 0 fully saturated rings. The van der Waals surface area contributed by atoms with Gasteiger partial charge in [0.2, 0.25) is 0 Å². The maximum absolute atomic E-state index is 2.40. The van der Waals surface area contributed by atoms with Gasteiger partial charge in [-0.2, -0.15) is 0 Å². The number of para-hydroxylation sites is 1. The molecule has 0 amide bonds. The van der Waals surface area contributed by atoms with Crippen LogP contribution in [0.15, 0.2) is 54.6 Å². The molecular formula is C22H21N. The fourth-order valence-corrected chi connectivity index (χ4v) is 3.47. The summed E-state index contributed by atoms with van der Waals surface area (Å²) in [6, 6.07) is 17.5. The molecule has 3 aromatic rings. The Morgan fingerprint density at radius 2 is 1.78 bits per heavy atom. The molecule has 23 heavy (non-hydrogen) atoms. The van der Waals surface area contributed by atoms with Gasteiger partial charge in [-0.15, -0.1) is 0 Å². The monoisotopic (exact) mass is 299 g/mol. The number of fused-ring (bicyclic) bond motifs is 3. The quantitative estimate of drug-likeness (QED) is 0.660. The molecule has 0 radical (unpaired) electrons. The van der Waals surface area contributed by atoms with Gasteiger partial charge >= 0.3 is 0 Å². The van der Waals surface area contributed by atoms with E-state index < -0.39 is 0 Å². The molecule has 1 heterocycles. The van der Waals surface area contributed by atoms with E-state index in [1.54, 1.807) is 0 Å². The zero-order valence-corrected chi connectivity index (χ0v) is 13.7. The van der Waals surface area contributed by atoms with Crippen molar-refractivity contribution < 1.29 is 0 Å². The molecule has 0 unspecified atom stereocenters. The van der Waals surface area contributed by atoms with Crippen molar-refractivity contribution in [2.24, 2.45) is 0 Å². The molecule has 0 aliphatic heterocycles. The molecule has 1 nitrogen and oxygen atoms in total. The van der Waals surface area contributed by atoms with Crippen LogP contribution >= 0.6 is 0 Å². The Bertz CT molecular complexity index is 1020. The predicted molar refractivity (Wildman–Crippen MR) is 100 cm³/mol. The van der Waals surface area contributed by atoms with E-state index in [4.69, 9.17) is 0 Å². The number of hydrogen-bond acceptors (Lipinski definition) is 0. The highest BCUT2D eigenvalue weighted by molar-refractivity contribution is 5.87. The summed E-state index contributed by atoms with van der Waals surface area (Å²) in [7, 11) is 0. The molecule has 2 aromatic carbocycles. The second-order valence-corrected chi connectivity index (χ2v) is 6.16. The van der Waals surface area contributed by atoms with E-state index in [1.807, 2.05) is 0 Å². The minimum absolute atomic E-state index is 1.12. The van der Waals surface area contributed by atoms with Crippen LogP contribution in [0.3, 0.4) is 0 Å². The average molecular weight is 299 g/mol. The van der Waals surface area contributed by atoms with Crippen molar-refractivity contribution in [2.45, 2.75) is 26.7 Å². The van der Waals surface area contributed by atoms with Crippen LogP contribution in [0.1, 0.15) is 32.3 Å². The van der Waals surface area contributed by atoms with Crippen molar-refractivity contribution in [1.29, 1.82) is 0 Å². The lowest BCUT2D eigenvalue weighted by molar-refractivity contribution is 1.02. The maximum Gasteiger partial charge on any atom is 0.0541 e. The van der Waals surface area contributed by atoms with Gasteiger partial charge in [-0.05, 0) is 62.1 Å². The van der Waals surface area contributed by atoms with E-state index in [2.05, 4.69) is 85.2 Å². The minimum atomic E-state index is 1.12. The third-order valence-electron chi connectivity index (χ3n) is 4.80. The van der Waals surface area contributed by atoms with Crippen LogP contribution in [0.4, 0.5) is 0 Å². The topological polar surface area (TPSA) is 4.93 Å². The standard InChI is InChI=1S/C22H21N/c1-3-16(2)17-13-14-22-20(15-17)19-11-7-8-12-21(19)23(22)18-9-5-4-6-10-18/h3-6,9-15H,7-8H2,1-2H3/b16-3+. The zero-order chi connectivity index (χ0) is 15.8. The Labute approximate surface area is 136 Å². The van der Waals surface area contributed by atoms with Crippen LogP contribution in [0.5, 0.6) is 0 Å². The van der Waals surface area contributed by atoms with Crippen molar-refractivity contribution in [3.63, 3.8) is 0 Å². The van der Waals surface area contributed by atoms with E-state index in [0.29, 0.717) is 0 Å². The first-order chi connectivity index (χ1) is 11.3. The molecule has 1 aliphatic rings. The van der Waals surface area contributed by atoms with Crippen molar-refractivity contribution in [1.82, 2.24) is 4.57 Å². The van der Waals surface area contributed by atoms with Crippen LogP contribution in [0.25, 0.3) is 34.3 Å². The molecule has 0 N–H and O–H groups in total. The lowest BCUT2D eigenvalue weighted by atomic mass is 10.0. The summed E-state index contributed by atoms with van der Waals surface area (Å²) < 4.78 is 2.40. The molecule has 0 bridgehead atoms. The van der Waals surface area contributed by atoms with Crippen LogP contribution < -0.4 is 10.6 Å². The minimum Gasteiger partial charge on any atom is -0.310 e. The zero-order valence-electron chi connectivity index (χ0n) is 13.7. The number of hydrogen-bond donors (Lipinski definition) is 0. The van der Waals surface area contributed by atoms with Gasteiger partial charge < -0.3 is 4.57 Å². The maximum atomic E-state index is 2.40. The van der Waals surface area contributed by atoms with Gasteiger partial charge in [0.05, 0.1) is 5.52 Å². The molecule has 114 valence electrons. The van der Waals surface area contributed by atoms with Crippen LogP contribution in [0, 0.1) is 0 Å². The normalized spacial score (nSPS) is 14.3. The van der Waals surface area contributed by atoms with Crippen molar-refractivity contribution in [3.8, 4) is 5.69 Å². The molecule has 0 saturated heterocycles. The Kier molecular flexibility index (Phi) is 3.42. The summed E-state index contributed by atoms with van der Waals surface area (Å²) in [5.41, 5.74) is 5.17. The molecule has 0 spiro atoms. The molecular weight excluding hydrogens is 278 g/mol. The number of nitrogens with zero attached hydrogens (tertiary/aromatic N) is 1. The average Bonchev–Trinajstić information content (AvgIpc) is 2.95. The van der Waals surface area contributed by atoms with E-state index >= 15 is 0 Å². The first-order valence-electron chi connectivity index (χ1n) is 8.33. The van der Waals surface area contributed by atoms with Gasteiger partial charge in [0.1, 0.15) is 0 Å². The highest BCUT2D eigenvalue weighted by atomic mass is 15.0. The van der Waals surface area contributed by atoms with Gasteiger partial charge in [0, 0.05) is 21.6 Å². The summed E-state index contributed by atoms with van der Waals surface area (Å²) in [5.74, 6) is 0. The van der Waals surface area contributed by atoms with Crippen LogP contribution in [-0.2, 0) is 0 Å². The summed E-state index contributed by atoms with van der Waals surface area (Å²) in [5, 5.41) is 4.09. The first kappa shape index (κ1) is 14.1. The molecule has 0 atom stereocenters. The largest absolute Gasteiger partial charge is 0.310 e. The second-order valence-electron chi connectivity index (χ2n) is 6.16. The van der Waals surface area contributed by atoms with Crippen LogP contribution in [-0.4, -0.2) is 4.57 Å². The molecule has 4 rings (SSSR count). The van der Waals surface area contributed by atoms with E-state index in [9.17, 15) is 0 Å². The number of aromatic nitrogens is 1. The Hall–Kier alpha value is -2.54. The number of rotatable bonds is 2. The SMILES string of the molecule is C/C=C(\C)c1ccc2c(c1)c1c(n2-c2ccccc2)=CCCC=1. The van der Waals surface area contributed by atoms with E-state index in [1.165, 1.54) is 38.3 Å². The number of allylic oxidation sites excluding steroid dienone is 2. The first-order valence-corrected chi connectivity index (χ1v) is 8.33. The molecule has 0 saturated carbocycles. The lowest BCUT2D eigenvalue weighted by Gasteiger charge is -2.08. The summed E-state index contributed by atoms with van der Waals surface area (Å²) in [6.45, 7) is 4.28. The Morgan fingerprint density at radius 1 is 1.00 bits per heavy atom. The Balaban J connectivity index is 2.13. The van der Waals surface area contributed by atoms with Crippen LogP contribution in [0.2, 0.25) is 0 Å². The molecule has 1 heteroatoms. The van der Waals surface area contributed by atoms with Gasteiger partial charge in [0.25, 0.3) is 0 Å². The van der Waals surface area contributed by atoms with E-state index in [0.717, 1.165) is 12.8 Å². The lowest BCUT2D eigenvalue weighted by Crippen LogP contribution is -2.30. The summed E-state index contributed by atoms with van der Waals surface area (Å²) in [4.78, 5) is 0. The molecule has 1 aliphatic carbocycles.